The predicted molar refractivity (Wildman–Crippen MR) is 168 cm³/mol. The molecule has 224 valence electrons. The molecule has 4 aromatic rings. The highest BCUT2D eigenvalue weighted by atomic mass is 16.4. The van der Waals surface area contributed by atoms with E-state index in [-0.39, 0.29) is 24.7 Å². The third-order valence-electron chi connectivity index (χ3n) is 8.60. The zero-order valence-electron chi connectivity index (χ0n) is 24.9. The fraction of sp³-hybridized carbons (Fsp3) is 0.286. The zero-order chi connectivity index (χ0) is 30.8. The molecule has 0 fully saturated rings. The first-order chi connectivity index (χ1) is 21.3. The molecule has 2 aliphatic heterocycles. The minimum Gasteiger partial charge on any atom is -0.480 e. The molecule has 0 spiro atoms. The Balaban J connectivity index is 1.19. The summed E-state index contributed by atoms with van der Waals surface area (Å²) < 4.78 is 0. The molecule has 2 aliphatic rings. The van der Waals surface area contributed by atoms with E-state index in [0.717, 1.165) is 69.8 Å². The number of carboxylic acids is 1. The number of carbonyl (C=O) groups is 3. The maximum atomic E-state index is 13.3. The van der Waals surface area contributed by atoms with Crippen LogP contribution in [0.2, 0.25) is 0 Å². The minimum atomic E-state index is -0.856. The van der Waals surface area contributed by atoms with Crippen LogP contribution in [-0.2, 0) is 37.1 Å². The maximum absolute atomic E-state index is 13.3. The van der Waals surface area contributed by atoms with Crippen molar-refractivity contribution in [1.29, 1.82) is 0 Å². The summed E-state index contributed by atoms with van der Waals surface area (Å²) in [5.41, 5.74) is 10.3. The van der Waals surface area contributed by atoms with Gasteiger partial charge in [0.1, 0.15) is 11.4 Å². The summed E-state index contributed by atoms with van der Waals surface area (Å²) in [5.74, 6) is -1.16. The van der Waals surface area contributed by atoms with E-state index in [4.69, 9.17) is 5.11 Å². The van der Waals surface area contributed by atoms with Gasteiger partial charge in [-0.3, -0.25) is 19.3 Å². The quantitative estimate of drug-likeness (QED) is 0.256. The third-order valence-corrected chi connectivity index (χ3v) is 8.60. The second-order valence-electron chi connectivity index (χ2n) is 11.5. The number of hydrogen-bond donors (Lipinski definition) is 3. The van der Waals surface area contributed by atoms with Crippen LogP contribution in [0, 0.1) is 13.8 Å². The van der Waals surface area contributed by atoms with Gasteiger partial charge in [0.2, 0.25) is 0 Å². The lowest BCUT2D eigenvalue weighted by Gasteiger charge is -2.26. The molecule has 0 radical (unpaired) electrons. The van der Waals surface area contributed by atoms with E-state index in [1.165, 1.54) is 0 Å². The van der Waals surface area contributed by atoms with E-state index >= 15 is 0 Å². The summed E-state index contributed by atoms with van der Waals surface area (Å²) in [4.78, 5) is 48.8. The molecule has 1 amide bonds. The van der Waals surface area contributed by atoms with E-state index in [9.17, 15) is 14.4 Å². The van der Waals surface area contributed by atoms with Crippen LogP contribution in [0.5, 0.6) is 0 Å². The molecule has 4 heterocycles. The molecule has 44 heavy (non-hydrogen) atoms. The number of ketones is 1. The molecule has 0 aliphatic carbocycles. The number of fused-ring (bicyclic) bond motifs is 2. The highest BCUT2D eigenvalue weighted by molar-refractivity contribution is 6.04. The van der Waals surface area contributed by atoms with Crippen molar-refractivity contribution in [2.45, 2.75) is 46.2 Å². The van der Waals surface area contributed by atoms with Gasteiger partial charge in [-0.25, -0.2) is 9.97 Å². The molecule has 0 bridgehead atoms. The molecule has 9 nitrogen and oxygen atoms in total. The number of benzene rings is 2. The first kappa shape index (κ1) is 29.3. The Morgan fingerprint density at radius 1 is 0.864 bits per heavy atom. The van der Waals surface area contributed by atoms with Gasteiger partial charge in [0.05, 0.1) is 6.54 Å². The monoisotopic (exact) mass is 589 g/mol. The minimum absolute atomic E-state index is 0.00328. The van der Waals surface area contributed by atoms with Gasteiger partial charge < -0.3 is 15.7 Å². The van der Waals surface area contributed by atoms with Crippen LogP contribution in [0.4, 0.5) is 5.69 Å². The number of carbonyl (C=O) groups excluding carboxylic acids is 2. The summed E-state index contributed by atoms with van der Waals surface area (Å²) in [7, 11) is 0. The second kappa shape index (κ2) is 12.5. The Bertz CT molecular complexity index is 1780. The number of pyridine rings is 2. The van der Waals surface area contributed by atoms with Crippen LogP contribution in [0.3, 0.4) is 0 Å². The fourth-order valence-corrected chi connectivity index (χ4v) is 6.10. The molecule has 0 saturated carbocycles. The largest absolute Gasteiger partial charge is 0.480 e. The van der Waals surface area contributed by atoms with Gasteiger partial charge in [-0.15, -0.1) is 0 Å². The average molecular weight is 590 g/mol. The van der Waals surface area contributed by atoms with Crippen LogP contribution < -0.4 is 10.6 Å². The molecule has 2 aromatic carbocycles. The number of hydrogen-bond acceptors (Lipinski definition) is 7. The van der Waals surface area contributed by atoms with Gasteiger partial charge >= 0.3 is 5.97 Å². The molecule has 2 aromatic heterocycles. The number of nitrogens with one attached hydrogen (secondary N) is 2. The summed E-state index contributed by atoms with van der Waals surface area (Å²) >= 11 is 0. The Morgan fingerprint density at radius 2 is 1.57 bits per heavy atom. The molecule has 0 saturated heterocycles. The van der Waals surface area contributed by atoms with E-state index < -0.39 is 5.97 Å². The normalized spacial score (nSPS) is 14.4. The lowest BCUT2D eigenvalue weighted by atomic mass is 9.91. The van der Waals surface area contributed by atoms with Crippen molar-refractivity contribution in [3.05, 3.63) is 111 Å². The van der Waals surface area contributed by atoms with Gasteiger partial charge in [-0.2, -0.15) is 0 Å². The molecule has 9 heteroatoms. The van der Waals surface area contributed by atoms with Gasteiger partial charge in [0.15, 0.2) is 5.78 Å². The number of aromatic nitrogens is 2. The number of Topliss-reactive ketones (excluding diaryl/α,β-unsaturated/α-hetero) is 1. The van der Waals surface area contributed by atoms with Crippen LogP contribution in [0.15, 0.2) is 60.7 Å². The highest BCUT2D eigenvalue weighted by Gasteiger charge is 2.22. The van der Waals surface area contributed by atoms with Crippen molar-refractivity contribution in [2.75, 3.05) is 25.0 Å². The Kier molecular flexibility index (Phi) is 8.32. The standard InChI is InChI=1S/C35H35N5O4/c1-21-23(17-33(41)31-11-9-24-18-36-15-13-29(24)37-31)5-3-6-26(21)27-7-4-8-28(22(27)2)39-35(44)32-12-10-25-19-40(20-34(42)43)16-14-30(25)38-32/h3-12,36H,13-20H2,1-2H3,(H,39,44)(H,42,43). The molecule has 6 rings (SSSR count). The van der Waals surface area contributed by atoms with Crippen molar-refractivity contribution in [3.8, 4) is 11.1 Å². The van der Waals surface area contributed by atoms with Crippen molar-refractivity contribution in [1.82, 2.24) is 20.2 Å². The van der Waals surface area contributed by atoms with Crippen molar-refractivity contribution >= 4 is 23.3 Å². The van der Waals surface area contributed by atoms with Crippen LogP contribution >= 0.6 is 0 Å². The SMILES string of the molecule is Cc1c(CC(=O)c2ccc3c(n2)CCNC3)cccc1-c1cccc(NC(=O)c2ccc3c(n2)CCN(CC(=O)O)C3)c1C. The van der Waals surface area contributed by atoms with E-state index in [1.807, 2.05) is 73.3 Å². The van der Waals surface area contributed by atoms with Gasteiger partial charge in [-0.1, -0.05) is 42.5 Å². The number of aliphatic carboxylic acids is 1. The number of carboxylic acid groups (broad SMARTS) is 1. The molecule has 3 N–H and O–H groups in total. The van der Waals surface area contributed by atoms with E-state index in [1.54, 1.807) is 6.07 Å². The third kappa shape index (κ3) is 6.15. The van der Waals surface area contributed by atoms with Gasteiger partial charge in [0.25, 0.3) is 5.91 Å². The maximum Gasteiger partial charge on any atom is 0.317 e. The fourth-order valence-electron chi connectivity index (χ4n) is 6.10. The lowest BCUT2D eigenvalue weighted by Crippen LogP contribution is -2.35. The van der Waals surface area contributed by atoms with Crippen molar-refractivity contribution in [2.24, 2.45) is 0 Å². The smallest absolute Gasteiger partial charge is 0.317 e. The second-order valence-corrected chi connectivity index (χ2v) is 11.5. The van der Waals surface area contributed by atoms with Crippen LogP contribution in [0.1, 0.15) is 60.2 Å². The molecule has 0 atom stereocenters. The van der Waals surface area contributed by atoms with Crippen LogP contribution in [0.25, 0.3) is 11.1 Å². The summed E-state index contributed by atoms with van der Waals surface area (Å²) in [6, 6.07) is 19.2. The first-order valence-electron chi connectivity index (χ1n) is 14.9. The topological polar surface area (TPSA) is 125 Å². The summed E-state index contributed by atoms with van der Waals surface area (Å²) in [6.45, 7) is 6.74. The van der Waals surface area contributed by atoms with Crippen molar-refractivity contribution < 1.29 is 19.5 Å². The van der Waals surface area contributed by atoms with E-state index in [2.05, 4.69) is 20.6 Å². The zero-order valence-corrected chi connectivity index (χ0v) is 24.9. The number of nitrogens with zero attached hydrogens (tertiary/aromatic N) is 3. The number of anilines is 1. The number of rotatable bonds is 8. The van der Waals surface area contributed by atoms with Crippen LogP contribution in [-0.4, -0.2) is 57.3 Å². The summed E-state index contributed by atoms with van der Waals surface area (Å²) in [5, 5.41) is 15.5. The highest BCUT2D eigenvalue weighted by Crippen LogP contribution is 2.33. The molecular weight excluding hydrogens is 554 g/mol. The predicted octanol–water partition coefficient (Wildman–Crippen LogP) is 4.53. The Morgan fingerprint density at radius 3 is 2.39 bits per heavy atom. The Hall–Kier alpha value is -4.73. The lowest BCUT2D eigenvalue weighted by molar-refractivity contribution is -0.138. The van der Waals surface area contributed by atoms with Crippen molar-refractivity contribution in [3.63, 3.8) is 0 Å². The van der Waals surface area contributed by atoms with Gasteiger partial charge in [0, 0.05) is 62.5 Å². The molecular formula is C35H35N5O4. The summed E-state index contributed by atoms with van der Waals surface area (Å²) in [6.07, 6.45) is 1.68. The Labute approximate surface area is 256 Å². The number of amides is 1. The molecule has 0 unspecified atom stereocenters. The van der Waals surface area contributed by atoms with Gasteiger partial charge in [-0.05, 0) is 71.0 Å². The first-order valence-corrected chi connectivity index (χ1v) is 14.9. The van der Waals surface area contributed by atoms with E-state index in [0.29, 0.717) is 36.6 Å². The average Bonchev–Trinajstić information content (AvgIpc) is 3.02.